The molecular formula is C15H12N2O. The van der Waals surface area contributed by atoms with E-state index in [4.69, 9.17) is 5.11 Å². The number of aromatic nitrogens is 2. The number of fused-ring (bicyclic) bond motifs is 1. The van der Waals surface area contributed by atoms with Crippen LogP contribution in [0.15, 0.2) is 24.4 Å². The Morgan fingerprint density at radius 3 is 3.00 bits per heavy atom. The van der Waals surface area contributed by atoms with Crippen LogP contribution in [-0.2, 0) is 0 Å². The largest absolute Gasteiger partial charge is 0.395 e. The van der Waals surface area contributed by atoms with Gasteiger partial charge in [0, 0.05) is 10.9 Å². The van der Waals surface area contributed by atoms with Crippen LogP contribution in [0.4, 0.5) is 0 Å². The van der Waals surface area contributed by atoms with Crippen LogP contribution in [0.3, 0.4) is 0 Å². The van der Waals surface area contributed by atoms with Gasteiger partial charge in [0.15, 0.2) is 0 Å². The van der Waals surface area contributed by atoms with E-state index in [9.17, 15) is 0 Å². The molecule has 3 nitrogen and oxygen atoms in total. The Balaban J connectivity index is 1.80. The van der Waals surface area contributed by atoms with Gasteiger partial charge in [0.05, 0.1) is 23.7 Å². The summed E-state index contributed by atoms with van der Waals surface area (Å²) in [5.41, 5.74) is 1.78. The fraction of sp³-hybridized carbons (Fsp3) is 0.267. The van der Waals surface area contributed by atoms with E-state index in [-0.39, 0.29) is 12.0 Å². The lowest BCUT2D eigenvalue weighted by molar-refractivity contribution is 0.247. The number of hydrogen-bond acceptors (Lipinski definition) is 2. The van der Waals surface area contributed by atoms with Crippen LogP contribution in [-0.4, -0.2) is 21.9 Å². The van der Waals surface area contributed by atoms with Crippen molar-refractivity contribution >= 4 is 10.9 Å². The van der Waals surface area contributed by atoms with Crippen LogP contribution in [0, 0.1) is 29.1 Å². The number of benzene rings is 1. The molecule has 2 N–H and O–H groups in total. The minimum Gasteiger partial charge on any atom is -0.395 e. The number of aliphatic hydroxyl groups is 1. The Bertz CT molecular complexity index is 702. The maximum atomic E-state index is 9.11. The third-order valence-corrected chi connectivity index (χ3v) is 3.19. The third-order valence-electron chi connectivity index (χ3n) is 3.19. The summed E-state index contributed by atoms with van der Waals surface area (Å²) in [7, 11) is 0. The second-order valence-electron chi connectivity index (χ2n) is 4.61. The Morgan fingerprint density at radius 2 is 2.22 bits per heavy atom. The fourth-order valence-electron chi connectivity index (χ4n) is 1.76. The Kier molecular flexibility index (Phi) is 2.55. The SMILES string of the molecule is OCC1(C#CC#Cc2ccc3[nH]ncc3c2)CC1. The summed E-state index contributed by atoms with van der Waals surface area (Å²) >= 11 is 0. The smallest absolute Gasteiger partial charge is 0.0651 e. The van der Waals surface area contributed by atoms with E-state index in [1.165, 1.54) is 0 Å². The van der Waals surface area contributed by atoms with Crippen LogP contribution in [0.1, 0.15) is 18.4 Å². The van der Waals surface area contributed by atoms with E-state index in [0.717, 1.165) is 29.3 Å². The van der Waals surface area contributed by atoms with E-state index in [1.807, 2.05) is 18.2 Å². The maximum absolute atomic E-state index is 9.11. The molecule has 0 amide bonds. The number of rotatable bonds is 1. The van der Waals surface area contributed by atoms with Gasteiger partial charge >= 0.3 is 0 Å². The van der Waals surface area contributed by atoms with Gasteiger partial charge < -0.3 is 5.11 Å². The van der Waals surface area contributed by atoms with Crippen molar-refractivity contribution in [2.75, 3.05) is 6.61 Å². The molecule has 1 aromatic carbocycles. The first-order valence-electron chi connectivity index (χ1n) is 5.89. The number of H-pyrrole nitrogens is 1. The molecule has 0 spiro atoms. The van der Waals surface area contributed by atoms with Crippen molar-refractivity contribution in [2.24, 2.45) is 5.41 Å². The Morgan fingerprint density at radius 1 is 1.33 bits per heavy atom. The van der Waals surface area contributed by atoms with Gasteiger partial charge in [-0.1, -0.05) is 11.8 Å². The molecule has 1 fully saturated rings. The highest BCUT2D eigenvalue weighted by atomic mass is 16.3. The molecule has 1 aromatic heterocycles. The average molecular weight is 236 g/mol. The van der Waals surface area contributed by atoms with Gasteiger partial charge in [-0.2, -0.15) is 5.10 Å². The number of hydrogen-bond donors (Lipinski definition) is 2. The lowest BCUT2D eigenvalue weighted by Crippen LogP contribution is -2.01. The molecule has 0 bridgehead atoms. The zero-order valence-corrected chi connectivity index (χ0v) is 9.83. The summed E-state index contributed by atoms with van der Waals surface area (Å²) in [6, 6.07) is 5.87. The van der Waals surface area contributed by atoms with Crippen LogP contribution < -0.4 is 0 Å². The molecule has 88 valence electrons. The Hall–Kier alpha value is -2.23. The van der Waals surface area contributed by atoms with Gasteiger partial charge in [-0.15, -0.1) is 0 Å². The quantitative estimate of drug-likeness (QED) is 0.740. The number of aromatic amines is 1. The zero-order chi connectivity index (χ0) is 12.4. The molecule has 1 saturated carbocycles. The van der Waals surface area contributed by atoms with Crippen molar-refractivity contribution in [1.82, 2.24) is 10.2 Å². The first kappa shape index (κ1) is 10.9. The lowest BCUT2D eigenvalue weighted by Gasteiger charge is -1.96. The van der Waals surface area contributed by atoms with E-state index in [1.54, 1.807) is 6.20 Å². The zero-order valence-electron chi connectivity index (χ0n) is 9.83. The van der Waals surface area contributed by atoms with Crippen molar-refractivity contribution in [3.05, 3.63) is 30.0 Å². The number of nitrogens with zero attached hydrogens (tertiary/aromatic N) is 1. The van der Waals surface area contributed by atoms with Gasteiger partial charge in [-0.3, -0.25) is 5.10 Å². The standard InChI is InChI=1S/C15H12N2O/c18-11-15(7-8-15)6-2-1-3-12-4-5-14-13(9-12)10-16-17-14/h4-5,9-10,18H,7-8,11H2,(H,16,17). The van der Waals surface area contributed by atoms with Crippen molar-refractivity contribution in [2.45, 2.75) is 12.8 Å². The van der Waals surface area contributed by atoms with Gasteiger partial charge in [-0.05, 0) is 42.9 Å². The molecule has 0 aliphatic heterocycles. The molecule has 1 heterocycles. The molecule has 0 saturated heterocycles. The molecule has 1 aliphatic carbocycles. The van der Waals surface area contributed by atoms with Crippen molar-refractivity contribution < 1.29 is 5.11 Å². The molecule has 18 heavy (non-hydrogen) atoms. The molecular weight excluding hydrogens is 224 g/mol. The Labute approximate surface area is 105 Å². The molecule has 1 aliphatic rings. The second-order valence-corrected chi connectivity index (χ2v) is 4.61. The predicted molar refractivity (Wildman–Crippen MR) is 69.5 cm³/mol. The third kappa shape index (κ3) is 2.09. The van der Waals surface area contributed by atoms with E-state index in [0.29, 0.717) is 0 Å². The topological polar surface area (TPSA) is 48.9 Å². The molecule has 0 radical (unpaired) electrons. The fourth-order valence-corrected chi connectivity index (χ4v) is 1.76. The summed E-state index contributed by atoms with van der Waals surface area (Å²) < 4.78 is 0. The summed E-state index contributed by atoms with van der Waals surface area (Å²) in [4.78, 5) is 0. The second kappa shape index (κ2) is 4.22. The van der Waals surface area contributed by atoms with Gasteiger partial charge in [0.1, 0.15) is 0 Å². The van der Waals surface area contributed by atoms with Gasteiger partial charge in [0.2, 0.25) is 0 Å². The first-order chi connectivity index (χ1) is 8.81. The van der Waals surface area contributed by atoms with E-state index < -0.39 is 0 Å². The lowest BCUT2D eigenvalue weighted by atomic mass is 10.1. The van der Waals surface area contributed by atoms with Crippen LogP contribution in [0.2, 0.25) is 0 Å². The van der Waals surface area contributed by atoms with Crippen LogP contribution in [0.25, 0.3) is 10.9 Å². The summed E-state index contributed by atoms with van der Waals surface area (Å²) in [6.45, 7) is 0.142. The van der Waals surface area contributed by atoms with Crippen molar-refractivity contribution in [3.63, 3.8) is 0 Å². The first-order valence-corrected chi connectivity index (χ1v) is 5.89. The maximum Gasteiger partial charge on any atom is 0.0651 e. The minimum atomic E-state index is -0.150. The molecule has 3 heteroatoms. The molecule has 2 aromatic rings. The summed E-state index contributed by atoms with van der Waals surface area (Å²) in [6.07, 6.45) is 3.75. The summed E-state index contributed by atoms with van der Waals surface area (Å²) in [5, 5.41) is 17.0. The van der Waals surface area contributed by atoms with Crippen LogP contribution >= 0.6 is 0 Å². The normalized spacial score (nSPS) is 15.4. The van der Waals surface area contributed by atoms with Crippen molar-refractivity contribution in [3.8, 4) is 23.7 Å². The van der Waals surface area contributed by atoms with Crippen molar-refractivity contribution in [1.29, 1.82) is 0 Å². The molecule has 0 unspecified atom stereocenters. The minimum absolute atomic E-state index is 0.142. The highest BCUT2D eigenvalue weighted by Crippen LogP contribution is 2.44. The molecule has 3 rings (SSSR count). The van der Waals surface area contributed by atoms with E-state index in [2.05, 4.69) is 33.9 Å². The predicted octanol–water partition coefficient (Wildman–Crippen LogP) is 1.69. The van der Waals surface area contributed by atoms with Gasteiger partial charge in [-0.25, -0.2) is 0 Å². The van der Waals surface area contributed by atoms with E-state index >= 15 is 0 Å². The number of aliphatic hydroxyl groups excluding tert-OH is 1. The molecule has 0 atom stereocenters. The van der Waals surface area contributed by atoms with Crippen LogP contribution in [0.5, 0.6) is 0 Å². The average Bonchev–Trinajstić information content (AvgIpc) is 3.03. The van der Waals surface area contributed by atoms with Gasteiger partial charge in [0.25, 0.3) is 0 Å². The monoisotopic (exact) mass is 236 g/mol. The highest BCUT2D eigenvalue weighted by Gasteiger charge is 2.40. The number of nitrogens with one attached hydrogen (secondary N) is 1. The highest BCUT2D eigenvalue weighted by molar-refractivity contribution is 5.79. The summed E-state index contributed by atoms with van der Waals surface area (Å²) in [5.74, 6) is 11.7.